The van der Waals surface area contributed by atoms with Gasteiger partial charge in [-0.3, -0.25) is 5.41 Å². The Labute approximate surface area is 125 Å². The highest BCUT2D eigenvalue weighted by molar-refractivity contribution is 6.33. The summed E-state index contributed by atoms with van der Waals surface area (Å²) in [6, 6.07) is 5.55. The van der Waals surface area contributed by atoms with Gasteiger partial charge in [0.25, 0.3) is 0 Å². The van der Waals surface area contributed by atoms with E-state index in [0.717, 1.165) is 44.6 Å². The van der Waals surface area contributed by atoms with Gasteiger partial charge in [0, 0.05) is 25.3 Å². The van der Waals surface area contributed by atoms with Crippen LogP contribution in [0.5, 0.6) is 0 Å². The molecule has 1 atom stereocenters. The van der Waals surface area contributed by atoms with Crippen molar-refractivity contribution in [1.29, 1.82) is 5.41 Å². The Morgan fingerprint density at radius 2 is 2.35 bits per heavy atom. The second-order valence-corrected chi connectivity index (χ2v) is 5.57. The van der Waals surface area contributed by atoms with E-state index in [4.69, 9.17) is 27.5 Å². The fourth-order valence-electron chi connectivity index (χ4n) is 2.51. The first-order valence-corrected chi connectivity index (χ1v) is 7.50. The van der Waals surface area contributed by atoms with Crippen molar-refractivity contribution in [2.45, 2.75) is 32.3 Å². The molecule has 2 rings (SSSR count). The van der Waals surface area contributed by atoms with Crippen LogP contribution in [-0.2, 0) is 4.74 Å². The van der Waals surface area contributed by atoms with Gasteiger partial charge < -0.3 is 15.4 Å². The number of nitrogens with zero attached hydrogens (tertiary/aromatic N) is 1. The molecule has 1 heterocycles. The predicted molar refractivity (Wildman–Crippen MR) is 83.9 cm³/mol. The molecule has 0 amide bonds. The highest BCUT2D eigenvalue weighted by atomic mass is 35.5. The summed E-state index contributed by atoms with van der Waals surface area (Å²) in [6.07, 6.45) is 3.55. The fourth-order valence-corrected chi connectivity index (χ4v) is 2.81. The minimum Gasteiger partial charge on any atom is -0.384 e. The number of halogens is 1. The number of ether oxygens (including phenoxy) is 1. The van der Waals surface area contributed by atoms with Crippen LogP contribution in [0.25, 0.3) is 0 Å². The van der Waals surface area contributed by atoms with Crippen LogP contribution in [0.4, 0.5) is 5.69 Å². The van der Waals surface area contributed by atoms with Gasteiger partial charge in [0.05, 0.1) is 16.8 Å². The lowest BCUT2D eigenvalue weighted by atomic mass is 10.1. The largest absolute Gasteiger partial charge is 0.384 e. The molecule has 0 saturated carbocycles. The average molecular weight is 296 g/mol. The number of nitrogens with one attached hydrogen (secondary N) is 1. The molecule has 20 heavy (non-hydrogen) atoms. The van der Waals surface area contributed by atoms with Crippen molar-refractivity contribution in [3.8, 4) is 0 Å². The molecule has 1 aliphatic rings. The first-order chi connectivity index (χ1) is 9.61. The summed E-state index contributed by atoms with van der Waals surface area (Å²) in [5.41, 5.74) is 7.14. The third-order valence-electron chi connectivity index (χ3n) is 3.54. The van der Waals surface area contributed by atoms with E-state index in [2.05, 4.69) is 11.8 Å². The highest BCUT2D eigenvalue weighted by Crippen LogP contribution is 2.29. The lowest BCUT2D eigenvalue weighted by Gasteiger charge is -2.34. The molecule has 1 saturated heterocycles. The molecule has 1 aromatic carbocycles. The van der Waals surface area contributed by atoms with Gasteiger partial charge in [-0.25, -0.2) is 0 Å². The monoisotopic (exact) mass is 295 g/mol. The third-order valence-corrected chi connectivity index (χ3v) is 3.84. The van der Waals surface area contributed by atoms with Crippen LogP contribution in [0.1, 0.15) is 31.7 Å². The van der Waals surface area contributed by atoms with Gasteiger partial charge in [-0.15, -0.1) is 0 Å². The molecular weight excluding hydrogens is 274 g/mol. The first kappa shape index (κ1) is 15.1. The van der Waals surface area contributed by atoms with E-state index >= 15 is 0 Å². The zero-order chi connectivity index (χ0) is 14.5. The van der Waals surface area contributed by atoms with Crippen molar-refractivity contribution in [2.75, 3.05) is 24.6 Å². The second kappa shape index (κ2) is 6.95. The van der Waals surface area contributed by atoms with E-state index in [0.29, 0.717) is 10.6 Å². The minimum absolute atomic E-state index is 0.0428. The molecule has 1 fully saturated rings. The van der Waals surface area contributed by atoms with Crippen molar-refractivity contribution in [3.63, 3.8) is 0 Å². The highest BCUT2D eigenvalue weighted by Gasteiger charge is 2.22. The summed E-state index contributed by atoms with van der Waals surface area (Å²) in [5, 5.41) is 8.09. The number of piperidine rings is 1. The molecule has 4 nitrogen and oxygen atoms in total. The standard InChI is InChI=1S/C15H22ClN3O/c1-2-8-20-12-4-3-7-19(10-12)14-6-5-11(15(17)18)9-13(14)16/h5-6,9,12H,2-4,7-8,10H2,1H3,(H3,17,18). The second-order valence-electron chi connectivity index (χ2n) is 5.16. The van der Waals surface area contributed by atoms with Crippen LogP contribution in [0.3, 0.4) is 0 Å². The lowest BCUT2D eigenvalue weighted by Crippen LogP contribution is -2.40. The summed E-state index contributed by atoms with van der Waals surface area (Å²) < 4.78 is 5.85. The summed E-state index contributed by atoms with van der Waals surface area (Å²) in [4.78, 5) is 2.26. The molecule has 0 spiro atoms. The van der Waals surface area contributed by atoms with Gasteiger partial charge in [0.15, 0.2) is 0 Å². The quantitative estimate of drug-likeness (QED) is 0.648. The average Bonchev–Trinajstić information content (AvgIpc) is 2.45. The van der Waals surface area contributed by atoms with Gasteiger partial charge in [0.2, 0.25) is 0 Å². The van der Waals surface area contributed by atoms with Crippen LogP contribution >= 0.6 is 11.6 Å². The Bertz CT molecular complexity index is 478. The van der Waals surface area contributed by atoms with Crippen LogP contribution in [-0.4, -0.2) is 31.6 Å². The van der Waals surface area contributed by atoms with Crippen molar-refractivity contribution in [2.24, 2.45) is 5.73 Å². The Balaban J connectivity index is 2.08. The molecule has 0 bridgehead atoms. The maximum Gasteiger partial charge on any atom is 0.122 e. The van der Waals surface area contributed by atoms with E-state index in [-0.39, 0.29) is 11.9 Å². The molecule has 0 aromatic heterocycles. The van der Waals surface area contributed by atoms with Crippen molar-refractivity contribution >= 4 is 23.1 Å². The molecule has 1 unspecified atom stereocenters. The number of benzene rings is 1. The topological polar surface area (TPSA) is 62.3 Å². The number of nitrogen functional groups attached to an aromatic ring is 1. The molecule has 5 heteroatoms. The molecule has 1 aromatic rings. The molecule has 0 radical (unpaired) electrons. The van der Waals surface area contributed by atoms with Gasteiger partial charge in [0.1, 0.15) is 5.84 Å². The number of hydrogen-bond acceptors (Lipinski definition) is 3. The normalized spacial score (nSPS) is 19.1. The Morgan fingerprint density at radius 1 is 1.55 bits per heavy atom. The molecule has 3 N–H and O–H groups in total. The van der Waals surface area contributed by atoms with E-state index in [1.54, 1.807) is 6.07 Å². The summed E-state index contributed by atoms with van der Waals surface area (Å²) in [5.74, 6) is 0.0428. The van der Waals surface area contributed by atoms with E-state index in [1.165, 1.54) is 0 Å². The fraction of sp³-hybridized carbons (Fsp3) is 0.533. The van der Waals surface area contributed by atoms with Gasteiger partial charge in [-0.1, -0.05) is 18.5 Å². The summed E-state index contributed by atoms with van der Waals surface area (Å²) in [7, 11) is 0. The van der Waals surface area contributed by atoms with Crippen molar-refractivity contribution in [3.05, 3.63) is 28.8 Å². The molecule has 0 aliphatic carbocycles. The first-order valence-electron chi connectivity index (χ1n) is 7.12. The predicted octanol–water partition coefficient (Wildman–Crippen LogP) is 3.02. The number of nitrogens with two attached hydrogens (primary N) is 1. The molecule has 1 aliphatic heterocycles. The maximum atomic E-state index is 7.44. The molecular formula is C15H22ClN3O. The van der Waals surface area contributed by atoms with Gasteiger partial charge in [-0.2, -0.15) is 0 Å². The van der Waals surface area contributed by atoms with Crippen molar-refractivity contribution < 1.29 is 4.74 Å². The van der Waals surface area contributed by atoms with E-state index < -0.39 is 0 Å². The molecule has 110 valence electrons. The lowest BCUT2D eigenvalue weighted by molar-refractivity contribution is 0.0440. The van der Waals surface area contributed by atoms with E-state index in [9.17, 15) is 0 Å². The number of amidine groups is 1. The number of rotatable bonds is 5. The van der Waals surface area contributed by atoms with Crippen molar-refractivity contribution in [1.82, 2.24) is 0 Å². The Kier molecular flexibility index (Phi) is 5.26. The summed E-state index contributed by atoms with van der Waals surface area (Å²) >= 11 is 6.32. The Morgan fingerprint density at radius 3 is 3.00 bits per heavy atom. The van der Waals surface area contributed by atoms with Crippen LogP contribution in [0, 0.1) is 5.41 Å². The zero-order valence-corrected chi connectivity index (χ0v) is 12.6. The summed E-state index contributed by atoms with van der Waals surface area (Å²) in [6.45, 7) is 4.80. The van der Waals surface area contributed by atoms with Crippen LogP contribution < -0.4 is 10.6 Å². The number of anilines is 1. The smallest absolute Gasteiger partial charge is 0.122 e. The van der Waals surface area contributed by atoms with Gasteiger partial charge >= 0.3 is 0 Å². The van der Waals surface area contributed by atoms with Crippen LogP contribution in [0.15, 0.2) is 18.2 Å². The minimum atomic E-state index is 0.0428. The number of hydrogen-bond donors (Lipinski definition) is 2. The van der Waals surface area contributed by atoms with Gasteiger partial charge in [-0.05, 0) is 37.5 Å². The maximum absolute atomic E-state index is 7.44. The third kappa shape index (κ3) is 3.64. The zero-order valence-electron chi connectivity index (χ0n) is 11.9. The Hall–Kier alpha value is -1.26. The van der Waals surface area contributed by atoms with E-state index in [1.807, 2.05) is 12.1 Å². The SMILES string of the molecule is CCCOC1CCCN(c2ccc(C(=N)N)cc2Cl)C1. The van der Waals surface area contributed by atoms with Crippen LogP contribution in [0.2, 0.25) is 5.02 Å².